The average Bonchev–Trinajstić information content (AvgIpc) is 2.53. The molecule has 4 nitrogen and oxygen atoms in total. The average molecular weight is 295 g/mol. The summed E-state index contributed by atoms with van der Waals surface area (Å²) in [7, 11) is 2.18. The molecule has 1 atom stereocenters. The first-order valence-corrected chi connectivity index (χ1v) is 8.81. The lowest BCUT2D eigenvalue weighted by molar-refractivity contribution is -0.139. The van der Waals surface area contributed by atoms with Crippen LogP contribution in [0.1, 0.15) is 52.4 Å². The normalized spacial score (nSPS) is 22.8. The number of nitrogens with one attached hydrogen (secondary N) is 1. The highest BCUT2D eigenvalue weighted by Crippen LogP contribution is 2.25. The van der Waals surface area contributed by atoms with Gasteiger partial charge in [-0.15, -0.1) is 0 Å². The highest BCUT2D eigenvalue weighted by molar-refractivity contribution is 5.82. The topological polar surface area (TPSA) is 35.6 Å². The molecule has 1 aliphatic carbocycles. The first kappa shape index (κ1) is 16.8. The Balaban J connectivity index is 2.02. The fourth-order valence-corrected chi connectivity index (χ4v) is 3.73. The number of rotatable bonds is 5. The Hall–Kier alpha value is -0.610. The number of carbonyl (C=O) groups excluding carboxylic acids is 1. The van der Waals surface area contributed by atoms with Crippen molar-refractivity contribution in [1.82, 2.24) is 15.1 Å². The number of amides is 1. The van der Waals surface area contributed by atoms with Crippen LogP contribution in [0.25, 0.3) is 0 Å². The number of carbonyl (C=O) groups is 1. The van der Waals surface area contributed by atoms with Gasteiger partial charge in [-0.2, -0.15) is 0 Å². The quantitative estimate of drug-likeness (QED) is 0.844. The summed E-state index contributed by atoms with van der Waals surface area (Å²) in [5, 5.41) is 3.33. The molecule has 1 aliphatic heterocycles. The van der Waals surface area contributed by atoms with Gasteiger partial charge in [0.1, 0.15) is 0 Å². The molecule has 0 unspecified atom stereocenters. The smallest absolute Gasteiger partial charge is 0.240 e. The second kappa shape index (κ2) is 8.14. The Kier molecular flexibility index (Phi) is 6.49. The number of piperazine rings is 1. The predicted octanol–water partition coefficient (Wildman–Crippen LogP) is 2.10. The summed E-state index contributed by atoms with van der Waals surface area (Å²) < 4.78 is 0. The van der Waals surface area contributed by atoms with Crippen molar-refractivity contribution in [3.8, 4) is 0 Å². The standard InChI is InChI=1S/C17H33N3O/c1-14(2)13-16(17(21)20-11-9-18-10-12-20)19(3)15-7-5-4-6-8-15/h14-16,18H,4-13H2,1-3H3/t16-/m0/s1. The maximum atomic E-state index is 13.0. The fraction of sp³-hybridized carbons (Fsp3) is 0.941. The van der Waals surface area contributed by atoms with Crippen LogP contribution in [0.4, 0.5) is 0 Å². The van der Waals surface area contributed by atoms with Crippen LogP contribution < -0.4 is 5.32 Å². The monoisotopic (exact) mass is 295 g/mol. The molecule has 0 aromatic heterocycles. The van der Waals surface area contributed by atoms with Crippen LogP contribution in [-0.2, 0) is 4.79 Å². The summed E-state index contributed by atoms with van der Waals surface area (Å²) in [4.78, 5) is 17.5. The molecule has 0 radical (unpaired) electrons. The molecule has 1 N–H and O–H groups in total. The van der Waals surface area contributed by atoms with Crippen molar-refractivity contribution in [2.75, 3.05) is 33.2 Å². The van der Waals surface area contributed by atoms with Gasteiger partial charge in [0.15, 0.2) is 0 Å². The molecule has 2 rings (SSSR count). The van der Waals surface area contributed by atoms with E-state index in [2.05, 4.69) is 36.0 Å². The number of hydrogen-bond donors (Lipinski definition) is 1. The van der Waals surface area contributed by atoms with Gasteiger partial charge in [0.05, 0.1) is 6.04 Å². The van der Waals surface area contributed by atoms with Crippen molar-refractivity contribution in [2.45, 2.75) is 64.5 Å². The van der Waals surface area contributed by atoms with Crippen LogP contribution in [0.3, 0.4) is 0 Å². The van der Waals surface area contributed by atoms with Crippen molar-refractivity contribution in [1.29, 1.82) is 0 Å². The van der Waals surface area contributed by atoms with Gasteiger partial charge in [0.25, 0.3) is 0 Å². The Labute approximate surface area is 130 Å². The molecule has 1 amide bonds. The van der Waals surface area contributed by atoms with Gasteiger partial charge in [-0.1, -0.05) is 33.1 Å². The minimum atomic E-state index is 0.0752. The van der Waals surface area contributed by atoms with Gasteiger partial charge in [0.2, 0.25) is 5.91 Å². The molecule has 2 fully saturated rings. The Morgan fingerprint density at radius 3 is 2.38 bits per heavy atom. The molecule has 0 aromatic carbocycles. The summed E-state index contributed by atoms with van der Waals surface area (Å²) in [6.45, 7) is 8.07. The lowest BCUT2D eigenvalue weighted by Gasteiger charge is -2.40. The highest BCUT2D eigenvalue weighted by atomic mass is 16.2. The number of nitrogens with zero attached hydrogens (tertiary/aromatic N) is 2. The third kappa shape index (κ3) is 4.68. The van der Waals surface area contributed by atoms with Gasteiger partial charge >= 0.3 is 0 Å². The molecule has 0 aromatic rings. The second-order valence-electron chi connectivity index (χ2n) is 7.18. The van der Waals surface area contributed by atoms with E-state index >= 15 is 0 Å². The zero-order valence-corrected chi connectivity index (χ0v) is 14.1. The predicted molar refractivity (Wildman–Crippen MR) is 87.3 cm³/mol. The lowest BCUT2D eigenvalue weighted by atomic mass is 9.91. The minimum absolute atomic E-state index is 0.0752. The number of likely N-dealkylation sites (N-methyl/N-ethyl adjacent to an activating group) is 1. The van der Waals surface area contributed by atoms with Crippen molar-refractivity contribution < 1.29 is 4.79 Å². The van der Waals surface area contributed by atoms with Gasteiger partial charge in [0, 0.05) is 32.2 Å². The van der Waals surface area contributed by atoms with Crippen LogP contribution in [0, 0.1) is 5.92 Å². The van der Waals surface area contributed by atoms with E-state index in [-0.39, 0.29) is 6.04 Å². The Morgan fingerprint density at radius 2 is 1.81 bits per heavy atom. The molecule has 0 bridgehead atoms. The summed E-state index contributed by atoms with van der Waals surface area (Å²) in [6.07, 6.45) is 7.52. The maximum Gasteiger partial charge on any atom is 0.240 e. The van der Waals surface area contributed by atoms with E-state index in [4.69, 9.17) is 0 Å². The van der Waals surface area contributed by atoms with E-state index < -0.39 is 0 Å². The van der Waals surface area contributed by atoms with Gasteiger partial charge < -0.3 is 10.2 Å². The van der Waals surface area contributed by atoms with Crippen LogP contribution >= 0.6 is 0 Å². The molecule has 2 aliphatic rings. The van der Waals surface area contributed by atoms with Gasteiger partial charge in [-0.3, -0.25) is 9.69 Å². The molecule has 21 heavy (non-hydrogen) atoms. The molecule has 1 saturated heterocycles. The summed E-state index contributed by atoms with van der Waals surface area (Å²) >= 11 is 0. The van der Waals surface area contributed by atoms with Crippen molar-refractivity contribution in [3.05, 3.63) is 0 Å². The molecule has 4 heteroatoms. The molecule has 1 saturated carbocycles. The van der Waals surface area contributed by atoms with E-state index in [9.17, 15) is 4.79 Å². The zero-order valence-electron chi connectivity index (χ0n) is 14.1. The Morgan fingerprint density at radius 1 is 1.19 bits per heavy atom. The molecular formula is C17H33N3O. The molecule has 0 spiro atoms. The van der Waals surface area contributed by atoms with Crippen molar-refractivity contribution >= 4 is 5.91 Å². The van der Waals surface area contributed by atoms with Crippen LogP contribution in [0.5, 0.6) is 0 Å². The van der Waals surface area contributed by atoms with Gasteiger partial charge in [-0.25, -0.2) is 0 Å². The third-order valence-electron chi connectivity index (χ3n) is 5.05. The fourth-order valence-electron chi connectivity index (χ4n) is 3.73. The molecule has 122 valence electrons. The summed E-state index contributed by atoms with van der Waals surface area (Å²) in [5.41, 5.74) is 0. The largest absolute Gasteiger partial charge is 0.339 e. The van der Waals surface area contributed by atoms with E-state index in [1.807, 2.05) is 0 Å². The minimum Gasteiger partial charge on any atom is -0.339 e. The van der Waals surface area contributed by atoms with E-state index in [0.29, 0.717) is 17.9 Å². The summed E-state index contributed by atoms with van der Waals surface area (Å²) in [5.74, 6) is 0.922. The maximum absolute atomic E-state index is 13.0. The lowest BCUT2D eigenvalue weighted by Crippen LogP contribution is -2.55. The molecule has 1 heterocycles. The third-order valence-corrected chi connectivity index (χ3v) is 5.05. The SMILES string of the molecule is CC(C)C[C@@H](C(=O)N1CCNCC1)N(C)C1CCCCC1. The van der Waals surface area contributed by atoms with Crippen molar-refractivity contribution in [3.63, 3.8) is 0 Å². The van der Waals surface area contributed by atoms with E-state index in [0.717, 1.165) is 32.6 Å². The zero-order chi connectivity index (χ0) is 15.2. The highest BCUT2D eigenvalue weighted by Gasteiger charge is 2.33. The van der Waals surface area contributed by atoms with Crippen LogP contribution in [0.15, 0.2) is 0 Å². The van der Waals surface area contributed by atoms with E-state index in [1.54, 1.807) is 0 Å². The Bertz CT molecular complexity index is 320. The van der Waals surface area contributed by atoms with Crippen LogP contribution in [-0.4, -0.2) is 61.0 Å². The van der Waals surface area contributed by atoms with Crippen molar-refractivity contribution in [2.24, 2.45) is 5.92 Å². The first-order valence-electron chi connectivity index (χ1n) is 8.81. The second-order valence-corrected chi connectivity index (χ2v) is 7.18. The number of hydrogen-bond acceptors (Lipinski definition) is 3. The van der Waals surface area contributed by atoms with E-state index in [1.165, 1.54) is 32.1 Å². The van der Waals surface area contributed by atoms with Gasteiger partial charge in [-0.05, 0) is 32.2 Å². The molecular weight excluding hydrogens is 262 g/mol. The van der Waals surface area contributed by atoms with Crippen LogP contribution in [0.2, 0.25) is 0 Å². The first-order chi connectivity index (χ1) is 10.1. The summed E-state index contributed by atoms with van der Waals surface area (Å²) in [6, 6.07) is 0.681.